The van der Waals surface area contributed by atoms with Gasteiger partial charge in [0.25, 0.3) is 0 Å². The predicted molar refractivity (Wildman–Crippen MR) is 122 cm³/mol. The number of sulfonamides is 1. The van der Waals surface area contributed by atoms with Crippen LogP contribution in [0.4, 0.5) is 17.2 Å². The highest BCUT2D eigenvalue weighted by atomic mass is 32.2. The van der Waals surface area contributed by atoms with Crippen LogP contribution >= 0.6 is 0 Å². The van der Waals surface area contributed by atoms with Gasteiger partial charge in [-0.3, -0.25) is 10.1 Å². The topological polar surface area (TPSA) is 137 Å². The Labute approximate surface area is 191 Å². The second-order valence-corrected chi connectivity index (χ2v) is 8.59. The van der Waals surface area contributed by atoms with E-state index in [4.69, 9.17) is 9.47 Å². The molecule has 0 spiro atoms. The quantitative estimate of drug-likeness (QED) is 0.342. The molecule has 0 aliphatic carbocycles. The van der Waals surface area contributed by atoms with Gasteiger partial charge in [0.2, 0.25) is 15.8 Å². The van der Waals surface area contributed by atoms with Gasteiger partial charge < -0.3 is 14.8 Å². The van der Waals surface area contributed by atoms with Crippen molar-refractivity contribution in [3.8, 4) is 17.4 Å². The first-order chi connectivity index (χ1) is 15.8. The lowest BCUT2D eigenvalue weighted by Gasteiger charge is -2.18. The van der Waals surface area contributed by atoms with E-state index in [9.17, 15) is 18.5 Å². The third-order valence-electron chi connectivity index (χ3n) is 4.71. The van der Waals surface area contributed by atoms with Crippen molar-refractivity contribution in [3.05, 3.63) is 65.0 Å². The maximum atomic E-state index is 12.6. The molecule has 1 heterocycles. The molecule has 0 atom stereocenters. The van der Waals surface area contributed by atoms with Crippen molar-refractivity contribution in [2.24, 2.45) is 0 Å². The Morgan fingerprint density at radius 3 is 2.15 bits per heavy atom. The summed E-state index contributed by atoms with van der Waals surface area (Å²) in [5.74, 6) is 0.587. The minimum atomic E-state index is -3.62. The Morgan fingerprint density at radius 2 is 1.61 bits per heavy atom. The van der Waals surface area contributed by atoms with E-state index in [0.717, 1.165) is 6.33 Å². The lowest BCUT2D eigenvalue weighted by Crippen LogP contribution is -2.30. The zero-order chi connectivity index (χ0) is 24.0. The van der Waals surface area contributed by atoms with Crippen LogP contribution in [0.5, 0.6) is 17.4 Å². The molecule has 0 saturated heterocycles. The van der Waals surface area contributed by atoms with Crippen molar-refractivity contribution in [2.45, 2.75) is 18.7 Å². The molecule has 11 nitrogen and oxygen atoms in total. The molecule has 0 aliphatic heterocycles. The minimum absolute atomic E-state index is 0.0992. The standard InChI is InChI=1S/C21H23N5O6S/c1-4-25(5-2)33(29,30)18-12-6-15(7-13-18)24-20-19(26(27)28)21(23-14-22-20)32-17-10-8-16(31-3)9-11-17/h6-14H,4-5H2,1-3H3,(H,22,23,24). The molecule has 0 aliphatic rings. The first-order valence-corrected chi connectivity index (χ1v) is 11.4. The second-order valence-electron chi connectivity index (χ2n) is 6.65. The molecular weight excluding hydrogens is 450 g/mol. The van der Waals surface area contributed by atoms with Gasteiger partial charge in [0.05, 0.1) is 16.9 Å². The van der Waals surface area contributed by atoms with Gasteiger partial charge in [0.15, 0.2) is 0 Å². The lowest BCUT2D eigenvalue weighted by atomic mass is 10.3. The number of methoxy groups -OCH3 is 1. The van der Waals surface area contributed by atoms with Crippen LogP contribution in [0.2, 0.25) is 0 Å². The summed E-state index contributed by atoms with van der Waals surface area (Å²) in [6.07, 6.45) is 1.13. The number of nitro groups is 1. The molecule has 0 bridgehead atoms. The monoisotopic (exact) mass is 473 g/mol. The van der Waals surface area contributed by atoms with Crippen LogP contribution in [0.3, 0.4) is 0 Å². The summed E-state index contributed by atoms with van der Waals surface area (Å²) in [5, 5.41) is 14.6. The van der Waals surface area contributed by atoms with Gasteiger partial charge in [0, 0.05) is 18.8 Å². The van der Waals surface area contributed by atoms with Gasteiger partial charge in [-0.25, -0.2) is 13.4 Å². The van der Waals surface area contributed by atoms with Crippen molar-refractivity contribution >= 4 is 27.2 Å². The van der Waals surface area contributed by atoms with Crippen LogP contribution in [0.15, 0.2) is 59.8 Å². The zero-order valence-corrected chi connectivity index (χ0v) is 19.1. The molecule has 0 fully saturated rings. The summed E-state index contributed by atoms with van der Waals surface area (Å²) in [5.41, 5.74) is -0.0566. The van der Waals surface area contributed by atoms with Crippen LogP contribution in [0.1, 0.15) is 13.8 Å². The fourth-order valence-corrected chi connectivity index (χ4v) is 4.47. The van der Waals surface area contributed by atoms with E-state index >= 15 is 0 Å². The number of aromatic nitrogens is 2. The summed E-state index contributed by atoms with van der Waals surface area (Å²) >= 11 is 0. The Morgan fingerprint density at radius 1 is 1.00 bits per heavy atom. The summed E-state index contributed by atoms with van der Waals surface area (Å²) in [4.78, 5) is 19.1. The molecule has 2 aromatic carbocycles. The molecule has 12 heteroatoms. The summed E-state index contributed by atoms with van der Waals surface area (Å²) in [6.45, 7) is 4.22. The molecule has 0 saturated carbocycles. The first-order valence-electron chi connectivity index (χ1n) is 9.98. The van der Waals surface area contributed by atoms with Crippen LogP contribution in [0.25, 0.3) is 0 Å². The largest absolute Gasteiger partial charge is 0.497 e. The second kappa shape index (κ2) is 10.2. The van der Waals surface area contributed by atoms with E-state index in [1.807, 2.05) is 0 Å². The van der Waals surface area contributed by atoms with Crippen LogP contribution in [0, 0.1) is 10.1 Å². The van der Waals surface area contributed by atoms with E-state index in [-0.39, 0.29) is 16.6 Å². The van der Waals surface area contributed by atoms with E-state index in [2.05, 4.69) is 15.3 Å². The van der Waals surface area contributed by atoms with Crippen LogP contribution in [-0.4, -0.2) is 47.8 Å². The summed E-state index contributed by atoms with van der Waals surface area (Å²) in [6, 6.07) is 12.3. The minimum Gasteiger partial charge on any atom is -0.497 e. The van der Waals surface area contributed by atoms with Gasteiger partial charge in [0.1, 0.15) is 17.8 Å². The summed E-state index contributed by atoms with van der Waals surface area (Å²) < 4.78 is 37.3. The smallest absolute Gasteiger partial charge is 0.373 e. The van der Waals surface area contributed by atoms with E-state index in [0.29, 0.717) is 30.3 Å². The number of nitrogens with zero attached hydrogens (tertiary/aromatic N) is 4. The number of hydrogen-bond acceptors (Lipinski definition) is 9. The number of anilines is 2. The number of rotatable bonds is 10. The Balaban J connectivity index is 1.87. The van der Waals surface area contributed by atoms with Crippen molar-refractivity contribution in [1.29, 1.82) is 0 Å². The fraction of sp³-hybridized carbons (Fsp3) is 0.238. The maximum Gasteiger partial charge on any atom is 0.373 e. The zero-order valence-electron chi connectivity index (χ0n) is 18.3. The van der Waals surface area contributed by atoms with E-state index < -0.39 is 20.6 Å². The van der Waals surface area contributed by atoms with Gasteiger partial charge in [-0.15, -0.1) is 0 Å². The molecule has 3 rings (SSSR count). The average Bonchev–Trinajstić information content (AvgIpc) is 2.80. The van der Waals surface area contributed by atoms with Gasteiger partial charge >= 0.3 is 11.6 Å². The third kappa shape index (κ3) is 5.35. The average molecular weight is 474 g/mol. The number of benzene rings is 2. The van der Waals surface area contributed by atoms with Crippen molar-refractivity contribution in [1.82, 2.24) is 14.3 Å². The molecule has 0 radical (unpaired) electrons. The third-order valence-corrected chi connectivity index (χ3v) is 6.77. The van der Waals surface area contributed by atoms with Crippen molar-refractivity contribution < 1.29 is 22.8 Å². The Kier molecular flexibility index (Phi) is 7.41. The Hall–Kier alpha value is -3.77. The van der Waals surface area contributed by atoms with Crippen LogP contribution < -0.4 is 14.8 Å². The molecule has 1 aromatic heterocycles. The molecule has 174 valence electrons. The van der Waals surface area contributed by atoms with Gasteiger partial charge in [-0.05, 0) is 48.5 Å². The first kappa shape index (κ1) is 23.9. The molecule has 0 amide bonds. The normalized spacial score (nSPS) is 11.3. The Bertz CT molecular complexity index is 1210. The highest BCUT2D eigenvalue weighted by Crippen LogP contribution is 2.36. The summed E-state index contributed by atoms with van der Waals surface area (Å²) in [7, 11) is -2.09. The van der Waals surface area contributed by atoms with E-state index in [1.54, 1.807) is 38.1 Å². The molecule has 1 N–H and O–H groups in total. The maximum absolute atomic E-state index is 12.6. The van der Waals surface area contributed by atoms with E-state index in [1.165, 1.54) is 35.7 Å². The molecule has 33 heavy (non-hydrogen) atoms. The fourth-order valence-electron chi connectivity index (χ4n) is 3.01. The van der Waals surface area contributed by atoms with Gasteiger partial charge in [-0.2, -0.15) is 9.29 Å². The highest BCUT2D eigenvalue weighted by Gasteiger charge is 2.26. The predicted octanol–water partition coefficient (Wildman–Crippen LogP) is 3.96. The molecular formula is C21H23N5O6S. The molecule has 3 aromatic rings. The molecule has 0 unspecified atom stereocenters. The SMILES string of the molecule is CCN(CC)S(=O)(=O)c1ccc(Nc2ncnc(Oc3ccc(OC)cc3)c2[N+](=O)[O-])cc1. The highest BCUT2D eigenvalue weighted by molar-refractivity contribution is 7.89. The number of ether oxygens (including phenoxy) is 2. The van der Waals surface area contributed by atoms with Gasteiger partial charge in [-0.1, -0.05) is 13.8 Å². The number of nitrogens with one attached hydrogen (secondary N) is 1. The lowest BCUT2D eigenvalue weighted by molar-refractivity contribution is -0.385. The van der Waals surface area contributed by atoms with Crippen LogP contribution in [-0.2, 0) is 10.0 Å². The number of hydrogen-bond donors (Lipinski definition) is 1. The van der Waals surface area contributed by atoms with Crippen molar-refractivity contribution in [2.75, 3.05) is 25.5 Å². The van der Waals surface area contributed by atoms with Crippen molar-refractivity contribution in [3.63, 3.8) is 0 Å².